The van der Waals surface area contributed by atoms with E-state index in [-0.39, 0.29) is 18.0 Å². The molecule has 18 heavy (non-hydrogen) atoms. The molecule has 0 aromatic carbocycles. The lowest BCUT2D eigenvalue weighted by atomic mass is 10.0. The maximum Gasteiger partial charge on any atom is 0.236 e. The van der Waals surface area contributed by atoms with Crippen molar-refractivity contribution in [3.8, 4) is 0 Å². The van der Waals surface area contributed by atoms with Crippen LogP contribution in [0.3, 0.4) is 0 Å². The highest BCUT2D eigenvalue weighted by Gasteiger charge is 2.21. The monoisotopic (exact) mass is 249 g/mol. The first-order chi connectivity index (χ1) is 8.54. The minimum Gasteiger partial charge on any atom is -0.358 e. The second kappa shape index (κ2) is 7.11. The molecule has 0 bridgehead atoms. The Morgan fingerprint density at radius 3 is 2.56 bits per heavy atom. The maximum absolute atomic E-state index is 11.8. The van der Waals surface area contributed by atoms with Gasteiger partial charge in [0.05, 0.1) is 11.7 Å². The molecule has 2 atom stereocenters. The Kier molecular flexibility index (Phi) is 5.78. The number of nitrogens with zero attached hydrogens (tertiary/aromatic N) is 1. The minimum atomic E-state index is -0.174. The molecule has 1 amide bonds. The zero-order valence-corrected chi connectivity index (χ0v) is 11.6. The Balaban J connectivity index is 2.68. The van der Waals surface area contributed by atoms with E-state index in [1.54, 1.807) is 13.2 Å². The van der Waals surface area contributed by atoms with Gasteiger partial charge < -0.3 is 5.32 Å². The van der Waals surface area contributed by atoms with E-state index in [4.69, 9.17) is 0 Å². The zero-order chi connectivity index (χ0) is 13.5. The average Bonchev–Trinajstić information content (AvgIpc) is 2.37. The molecule has 4 nitrogen and oxygen atoms in total. The third-order valence-corrected chi connectivity index (χ3v) is 2.85. The first kappa shape index (κ1) is 14.6. The summed E-state index contributed by atoms with van der Waals surface area (Å²) in [7, 11) is 1.67. The lowest BCUT2D eigenvalue weighted by Gasteiger charge is -2.23. The molecule has 0 saturated heterocycles. The second-order valence-electron chi connectivity index (χ2n) is 4.94. The number of pyridine rings is 1. The first-order valence-corrected chi connectivity index (χ1v) is 6.43. The van der Waals surface area contributed by atoms with E-state index in [1.165, 1.54) is 0 Å². The van der Waals surface area contributed by atoms with Crippen LogP contribution in [0.5, 0.6) is 0 Å². The number of hydrogen-bond donors (Lipinski definition) is 2. The van der Waals surface area contributed by atoms with Crippen LogP contribution in [0.4, 0.5) is 0 Å². The fraction of sp³-hybridized carbons (Fsp3) is 0.571. The van der Waals surface area contributed by atoms with Crippen molar-refractivity contribution in [2.75, 3.05) is 7.05 Å². The summed E-state index contributed by atoms with van der Waals surface area (Å²) in [6.07, 6.45) is 2.59. The van der Waals surface area contributed by atoms with Crippen molar-refractivity contribution >= 4 is 5.91 Å². The van der Waals surface area contributed by atoms with Crippen LogP contribution in [-0.4, -0.2) is 24.0 Å². The summed E-state index contributed by atoms with van der Waals surface area (Å²) in [4.78, 5) is 16.1. The molecule has 0 radical (unpaired) electrons. The lowest BCUT2D eigenvalue weighted by Crippen LogP contribution is -2.44. The summed E-state index contributed by atoms with van der Waals surface area (Å²) in [6, 6.07) is 5.70. The molecule has 0 aliphatic carbocycles. The minimum absolute atomic E-state index is 0.0338. The van der Waals surface area contributed by atoms with Crippen molar-refractivity contribution < 1.29 is 4.79 Å². The highest BCUT2D eigenvalue weighted by molar-refractivity contribution is 5.81. The highest BCUT2D eigenvalue weighted by Crippen LogP contribution is 2.13. The molecule has 1 heterocycles. The van der Waals surface area contributed by atoms with Crippen molar-refractivity contribution in [3.63, 3.8) is 0 Å². The largest absolute Gasteiger partial charge is 0.358 e. The molecule has 4 heteroatoms. The van der Waals surface area contributed by atoms with Gasteiger partial charge in [0.25, 0.3) is 0 Å². The summed E-state index contributed by atoms with van der Waals surface area (Å²) in [5, 5.41) is 6.05. The van der Waals surface area contributed by atoms with Crippen molar-refractivity contribution in [1.29, 1.82) is 0 Å². The standard InChI is InChI=1S/C14H23N3O/c1-10(2)9-13(14(18)15-4)17-11(3)12-7-5-6-8-16-12/h5-8,10-11,13,17H,9H2,1-4H3,(H,15,18). The van der Waals surface area contributed by atoms with Crippen LogP contribution >= 0.6 is 0 Å². The molecule has 1 aromatic heterocycles. The van der Waals surface area contributed by atoms with Crippen LogP contribution in [0, 0.1) is 5.92 Å². The number of likely N-dealkylation sites (N-methyl/N-ethyl adjacent to an activating group) is 1. The quantitative estimate of drug-likeness (QED) is 0.809. The third-order valence-electron chi connectivity index (χ3n) is 2.85. The van der Waals surface area contributed by atoms with Gasteiger partial charge in [-0.15, -0.1) is 0 Å². The molecule has 1 rings (SSSR count). The average molecular weight is 249 g/mol. The van der Waals surface area contributed by atoms with Crippen LogP contribution in [-0.2, 0) is 4.79 Å². The van der Waals surface area contributed by atoms with E-state index in [2.05, 4.69) is 29.5 Å². The van der Waals surface area contributed by atoms with Gasteiger partial charge in [0.15, 0.2) is 0 Å². The SMILES string of the molecule is CNC(=O)C(CC(C)C)NC(C)c1ccccn1. The van der Waals surface area contributed by atoms with E-state index >= 15 is 0 Å². The highest BCUT2D eigenvalue weighted by atomic mass is 16.2. The van der Waals surface area contributed by atoms with Gasteiger partial charge in [-0.3, -0.25) is 15.1 Å². The first-order valence-electron chi connectivity index (χ1n) is 6.43. The van der Waals surface area contributed by atoms with E-state index < -0.39 is 0 Å². The summed E-state index contributed by atoms with van der Waals surface area (Å²) >= 11 is 0. The maximum atomic E-state index is 11.8. The zero-order valence-electron chi connectivity index (χ0n) is 11.6. The number of rotatable bonds is 6. The molecule has 0 saturated carbocycles. The summed E-state index contributed by atoms with van der Waals surface area (Å²) in [5.41, 5.74) is 0.954. The number of nitrogens with one attached hydrogen (secondary N) is 2. The van der Waals surface area contributed by atoms with E-state index in [0.717, 1.165) is 12.1 Å². The van der Waals surface area contributed by atoms with Crippen LogP contribution in [0.2, 0.25) is 0 Å². The third kappa shape index (κ3) is 4.45. The Hall–Kier alpha value is -1.42. The number of carbonyl (C=O) groups excluding carboxylic acids is 1. The van der Waals surface area contributed by atoms with Crippen molar-refractivity contribution in [2.45, 2.75) is 39.3 Å². The number of carbonyl (C=O) groups is 1. The summed E-state index contributed by atoms with van der Waals surface area (Å²) < 4.78 is 0. The Morgan fingerprint density at radius 1 is 1.33 bits per heavy atom. The molecule has 2 unspecified atom stereocenters. The molecule has 0 aliphatic heterocycles. The lowest BCUT2D eigenvalue weighted by molar-refractivity contribution is -0.123. The fourth-order valence-electron chi connectivity index (χ4n) is 1.92. The van der Waals surface area contributed by atoms with Gasteiger partial charge in [-0.25, -0.2) is 0 Å². The van der Waals surface area contributed by atoms with Gasteiger partial charge in [-0.2, -0.15) is 0 Å². The van der Waals surface area contributed by atoms with Gasteiger partial charge >= 0.3 is 0 Å². The molecule has 2 N–H and O–H groups in total. The molecule has 1 aromatic rings. The van der Waals surface area contributed by atoms with E-state index in [1.807, 2.05) is 25.1 Å². The normalized spacial score (nSPS) is 14.3. The van der Waals surface area contributed by atoms with E-state index in [0.29, 0.717) is 5.92 Å². The van der Waals surface area contributed by atoms with Crippen LogP contribution in [0.1, 0.15) is 38.9 Å². The Morgan fingerprint density at radius 2 is 2.06 bits per heavy atom. The summed E-state index contributed by atoms with van der Waals surface area (Å²) in [5.74, 6) is 0.502. The van der Waals surface area contributed by atoms with Crippen molar-refractivity contribution in [1.82, 2.24) is 15.6 Å². The molecular formula is C14H23N3O. The molecular weight excluding hydrogens is 226 g/mol. The smallest absolute Gasteiger partial charge is 0.236 e. The van der Waals surface area contributed by atoms with Crippen molar-refractivity contribution in [3.05, 3.63) is 30.1 Å². The van der Waals surface area contributed by atoms with Gasteiger partial charge in [-0.1, -0.05) is 19.9 Å². The van der Waals surface area contributed by atoms with Crippen LogP contribution < -0.4 is 10.6 Å². The predicted molar refractivity (Wildman–Crippen MR) is 73.1 cm³/mol. The Bertz CT molecular complexity index is 365. The number of aromatic nitrogens is 1. The second-order valence-corrected chi connectivity index (χ2v) is 4.94. The fourth-order valence-corrected chi connectivity index (χ4v) is 1.92. The molecule has 0 spiro atoms. The molecule has 100 valence electrons. The molecule has 0 aliphatic rings. The number of amides is 1. The predicted octanol–water partition coefficient (Wildman–Crippen LogP) is 1.89. The number of hydrogen-bond acceptors (Lipinski definition) is 3. The van der Waals surface area contributed by atoms with Crippen LogP contribution in [0.15, 0.2) is 24.4 Å². The topological polar surface area (TPSA) is 54.0 Å². The molecule has 0 fully saturated rings. The Labute approximate surface area is 109 Å². The van der Waals surface area contributed by atoms with Gasteiger partial charge in [0.2, 0.25) is 5.91 Å². The van der Waals surface area contributed by atoms with E-state index in [9.17, 15) is 4.79 Å². The van der Waals surface area contributed by atoms with Gasteiger partial charge in [0.1, 0.15) is 0 Å². The van der Waals surface area contributed by atoms with Crippen LogP contribution in [0.25, 0.3) is 0 Å². The summed E-state index contributed by atoms with van der Waals surface area (Å²) in [6.45, 7) is 6.25. The van der Waals surface area contributed by atoms with Gasteiger partial charge in [-0.05, 0) is 31.4 Å². The van der Waals surface area contributed by atoms with Gasteiger partial charge in [0, 0.05) is 19.3 Å². The van der Waals surface area contributed by atoms with Crippen molar-refractivity contribution in [2.24, 2.45) is 5.92 Å².